The summed E-state index contributed by atoms with van der Waals surface area (Å²) < 4.78 is 0. The summed E-state index contributed by atoms with van der Waals surface area (Å²) >= 11 is 1.61. The Morgan fingerprint density at radius 3 is 2.57 bits per heavy atom. The Kier molecular flexibility index (Phi) is 7.96. The van der Waals surface area contributed by atoms with Crippen molar-refractivity contribution in [1.82, 2.24) is 0 Å². The van der Waals surface area contributed by atoms with Crippen molar-refractivity contribution in [2.75, 3.05) is 12.4 Å². The van der Waals surface area contributed by atoms with Gasteiger partial charge in [0.15, 0.2) is 0 Å². The van der Waals surface area contributed by atoms with E-state index < -0.39 is 6.10 Å². The lowest BCUT2D eigenvalue weighted by Crippen LogP contribution is -2.17. The number of aliphatic hydroxyl groups excluding tert-OH is 2. The van der Waals surface area contributed by atoms with E-state index in [2.05, 4.69) is 13.0 Å². The molecule has 0 spiro atoms. The summed E-state index contributed by atoms with van der Waals surface area (Å²) in [4.78, 5) is 0. The minimum absolute atomic E-state index is 0.115. The third kappa shape index (κ3) is 6.25. The molecule has 0 saturated carbocycles. The normalized spacial score (nSPS) is 17.1. The van der Waals surface area contributed by atoms with Crippen molar-refractivity contribution >= 4 is 11.8 Å². The van der Waals surface area contributed by atoms with Gasteiger partial charge >= 0.3 is 0 Å². The Hall–Kier alpha value is -0.240. The van der Waals surface area contributed by atoms with Gasteiger partial charge in [0, 0.05) is 16.9 Å². The van der Waals surface area contributed by atoms with Crippen LogP contribution in [-0.4, -0.2) is 33.9 Å². The van der Waals surface area contributed by atoms with E-state index in [1.54, 1.807) is 11.8 Å². The van der Waals surface area contributed by atoms with Crippen molar-refractivity contribution in [3.8, 4) is 6.07 Å². The molecule has 0 fully saturated rings. The van der Waals surface area contributed by atoms with E-state index in [4.69, 9.17) is 15.5 Å². The fraction of sp³-hybridized carbons (Fsp3) is 0.900. The number of hydrogen-bond donors (Lipinski definition) is 2. The molecule has 82 valence electrons. The third-order valence-electron chi connectivity index (χ3n) is 2.08. The van der Waals surface area contributed by atoms with Crippen LogP contribution >= 0.6 is 11.8 Å². The monoisotopic (exact) mass is 217 g/mol. The third-order valence-corrected chi connectivity index (χ3v) is 3.41. The van der Waals surface area contributed by atoms with E-state index in [0.29, 0.717) is 11.0 Å². The lowest BCUT2D eigenvalue weighted by molar-refractivity contribution is 0.113. The van der Waals surface area contributed by atoms with Crippen LogP contribution in [0.2, 0.25) is 0 Å². The fourth-order valence-corrected chi connectivity index (χ4v) is 2.13. The van der Waals surface area contributed by atoms with Gasteiger partial charge in [-0.2, -0.15) is 17.0 Å². The molecule has 0 aromatic carbocycles. The second-order valence-electron chi connectivity index (χ2n) is 3.45. The van der Waals surface area contributed by atoms with E-state index in [1.165, 1.54) is 0 Å². The average Bonchev–Trinajstić information content (AvgIpc) is 2.22. The minimum atomic E-state index is -0.635. The maximum absolute atomic E-state index is 9.12. The smallest absolute Gasteiger partial charge is 0.0861 e. The first-order valence-electron chi connectivity index (χ1n) is 4.94. The lowest BCUT2D eigenvalue weighted by Gasteiger charge is -2.15. The molecule has 0 radical (unpaired) electrons. The zero-order valence-corrected chi connectivity index (χ0v) is 9.63. The van der Waals surface area contributed by atoms with Gasteiger partial charge in [0.1, 0.15) is 0 Å². The molecule has 0 aromatic rings. The summed E-state index contributed by atoms with van der Waals surface area (Å²) in [5.74, 6) is 0.656. The summed E-state index contributed by atoms with van der Waals surface area (Å²) in [6.45, 7) is 3.87. The molecule has 0 aliphatic heterocycles. The minimum Gasteiger partial charge on any atom is -0.394 e. The Labute approximate surface area is 90.1 Å². The summed E-state index contributed by atoms with van der Waals surface area (Å²) in [6, 6.07) is 2.26. The molecule has 0 heterocycles. The quantitative estimate of drug-likeness (QED) is 0.676. The van der Waals surface area contributed by atoms with Gasteiger partial charge in [-0.25, -0.2) is 0 Å². The Bertz CT molecular complexity index is 181. The van der Waals surface area contributed by atoms with Crippen LogP contribution in [0.15, 0.2) is 0 Å². The number of aliphatic hydroxyl groups is 2. The van der Waals surface area contributed by atoms with Gasteiger partial charge < -0.3 is 10.2 Å². The van der Waals surface area contributed by atoms with Crippen LogP contribution in [0.5, 0.6) is 0 Å². The predicted molar refractivity (Wildman–Crippen MR) is 59.0 cm³/mol. The van der Waals surface area contributed by atoms with E-state index in [1.807, 2.05) is 6.92 Å². The molecule has 0 aromatic heterocycles. The van der Waals surface area contributed by atoms with Gasteiger partial charge in [-0.3, -0.25) is 0 Å². The van der Waals surface area contributed by atoms with Gasteiger partial charge in [0.25, 0.3) is 0 Å². The average molecular weight is 217 g/mol. The molecule has 0 rings (SSSR count). The zero-order valence-electron chi connectivity index (χ0n) is 8.81. The van der Waals surface area contributed by atoms with E-state index in [9.17, 15) is 0 Å². The van der Waals surface area contributed by atoms with E-state index in [-0.39, 0.29) is 12.5 Å². The van der Waals surface area contributed by atoms with Gasteiger partial charge in [0.2, 0.25) is 0 Å². The molecule has 3 nitrogen and oxygen atoms in total. The van der Waals surface area contributed by atoms with Crippen molar-refractivity contribution in [3.05, 3.63) is 0 Å². The number of nitriles is 1. The number of nitrogens with zero attached hydrogens (tertiary/aromatic N) is 1. The van der Waals surface area contributed by atoms with Crippen LogP contribution in [0.3, 0.4) is 0 Å². The van der Waals surface area contributed by atoms with Crippen LogP contribution in [0.4, 0.5) is 0 Å². The Morgan fingerprint density at radius 1 is 1.50 bits per heavy atom. The fourth-order valence-electron chi connectivity index (χ4n) is 1.11. The van der Waals surface area contributed by atoms with Crippen molar-refractivity contribution in [2.24, 2.45) is 5.92 Å². The molecule has 0 saturated heterocycles. The first-order chi connectivity index (χ1) is 6.63. The molecule has 2 N–H and O–H groups in total. The van der Waals surface area contributed by atoms with Crippen molar-refractivity contribution < 1.29 is 10.2 Å². The van der Waals surface area contributed by atoms with Gasteiger partial charge in [-0.1, -0.05) is 13.8 Å². The summed E-state index contributed by atoms with van der Waals surface area (Å²) in [5, 5.41) is 26.8. The molecule has 14 heavy (non-hydrogen) atoms. The summed E-state index contributed by atoms with van der Waals surface area (Å²) in [5.41, 5.74) is 0. The van der Waals surface area contributed by atoms with Crippen molar-refractivity contribution in [1.29, 1.82) is 5.26 Å². The topological polar surface area (TPSA) is 64.2 Å². The van der Waals surface area contributed by atoms with Gasteiger partial charge in [-0.05, 0) is 12.8 Å². The molecule has 0 amide bonds. The van der Waals surface area contributed by atoms with Crippen molar-refractivity contribution in [3.63, 3.8) is 0 Å². The van der Waals surface area contributed by atoms with Crippen LogP contribution in [0.1, 0.15) is 26.7 Å². The second kappa shape index (κ2) is 8.10. The predicted octanol–water partition coefficient (Wildman–Crippen LogP) is 1.40. The Balaban J connectivity index is 3.64. The SMILES string of the molecule is CCC(C#N)CC(C)SCC(O)CO. The molecule has 4 heteroatoms. The highest BCUT2D eigenvalue weighted by atomic mass is 32.2. The highest BCUT2D eigenvalue weighted by Crippen LogP contribution is 2.21. The van der Waals surface area contributed by atoms with E-state index >= 15 is 0 Å². The standard InChI is InChI=1S/C10H19NO2S/c1-3-9(5-11)4-8(2)14-7-10(13)6-12/h8-10,12-13H,3-4,6-7H2,1-2H3. The first kappa shape index (κ1) is 13.8. The van der Waals surface area contributed by atoms with Crippen molar-refractivity contribution in [2.45, 2.75) is 38.0 Å². The molecular formula is C10H19NO2S. The van der Waals surface area contributed by atoms with Crippen LogP contribution in [-0.2, 0) is 0 Å². The summed E-state index contributed by atoms with van der Waals surface area (Å²) in [7, 11) is 0. The number of rotatable bonds is 7. The maximum Gasteiger partial charge on any atom is 0.0861 e. The molecule has 0 bridgehead atoms. The molecule has 0 aliphatic carbocycles. The van der Waals surface area contributed by atoms with Crippen LogP contribution in [0.25, 0.3) is 0 Å². The molecule has 3 atom stereocenters. The van der Waals surface area contributed by atoms with Crippen LogP contribution < -0.4 is 0 Å². The van der Waals surface area contributed by atoms with E-state index in [0.717, 1.165) is 12.8 Å². The largest absolute Gasteiger partial charge is 0.394 e. The highest BCUT2D eigenvalue weighted by Gasteiger charge is 2.12. The maximum atomic E-state index is 9.12. The molecule has 3 unspecified atom stereocenters. The first-order valence-corrected chi connectivity index (χ1v) is 5.99. The number of hydrogen-bond acceptors (Lipinski definition) is 4. The van der Waals surface area contributed by atoms with Gasteiger partial charge in [0.05, 0.1) is 18.8 Å². The molecule has 0 aliphatic rings. The van der Waals surface area contributed by atoms with Gasteiger partial charge in [-0.15, -0.1) is 0 Å². The summed E-state index contributed by atoms with van der Waals surface area (Å²) in [6.07, 6.45) is 1.10. The van der Waals surface area contributed by atoms with Crippen LogP contribution in [0, 0.1) is 17.2 Å². The number of thioether (sulfide) groups is 1. The Morgan fingerprint density at radius 2 is 2.14 bits per heavy atom. The lowest BCUT2D eigenvalue weighted by atomic mass is 10.0. The molecular weight excluding hydrogens is 198 g/mol. The second-order valence-corrected chi connectivity index (χ2v) is 4.92. The highest BCUT2D eigenvalue weighted by molar-refractivity contribution is 7.99. The zero-order chi connectivity index (χ0) is 11.0.